The van der Waals surface area contributed by atoms with Crippen molar-refractivity contribution in [2.24, 2.45) is 5.84 Å². The Bertz CT molecular complexity index is 312. The van der Waals surface area contributed by atoms with Gasteiger partial charge in [0.2, 0.25) is 0 Å². The van der Waals surface area contributed by atoms with E-state index in [9.17, 15) is 0 Å². The van der Waals surface area contributed by atoms with Crippen LogP contribution in [0.25, 0.3) is 0 Å². The molecule has 0 saturated carbocycles. The number of aromatic nitrogens is 1. The molecule has 0 radical (unpaired) electrons. The van der Waals surface area contributed by atoms with Crippen molar-refractivity contribution in [3.8, 4) is 0 Å². The topological polar surface area (TPSA) is 60.2 Å². The number of ether oxygens (including phenoxy) is 1. The summed E-state index contributed by atoms with van der Waals surface area (Å²) in [7, 11) is 0. The van der Waals surface area contributed by atoms with Gasteiger partial charge in [0.15, 0.2) is 0 Å². The number of hydrogen-bond acceptors (Lipinski definition) is 5. The molecule has 0 saturated heterocycles. The first-order chi connectivity index (χ1) is 7.04. The standard InChI is InChI=1S/C10H19N3OS/c1-6(2)14-5-9(13-11)10-7(3)12-8(4)15-10/h6,9,13H,5,11H2,1-4H3. The Morgan fingerprint density at radius 3 is 2.53 bits per heavy atom. The second kappa shape index (κ2) is 5.55. The molecule has 1 aromatic heterocycles. The van der Waals surface area contributed by atoms with Crippen LogP contribution in [-0.2, 0) is 4.74 Å². The van der Waals surface area contributed by atoms with Gasteiger partial charge >= 0.3 is 0 Å². The molecule has 15 heavy (non-hydrogen) atoms. The first-order valence-corrected chi connectivity index (χ1v) is 5.88. The highest BCUT2D eigenvalue weighted by atomic mass is 32.1. The minimum atomic E-state index is 0.0404. The number of rotatable bonds is 5. The largest absolute Gasteiger partial charge is 0.377 e. The average Bonchev–Trinajstić information content (AvgIpc) is 2.46. The van der Waals surface area contributed by atoms with Crippen LogP contribution in [0.2, 0.25) is 0 Å². The number of hydrogen-bond donors (Lipinski definition) is 2. The number of nitrogens with one attached hydrogen (secondary N) is 1. The third kappa shape index (κ3) is 3.53. The van der Waals surface area contributed by atoms with E-state index in [2.05, 4.69) is 10.4 Å². The van der Waals surface area contributed by atoms with Gasteiger partial charge in [-0.25, -0.2) is 10.4 Å². The maximum Gasteiger partial charge on any atom is 0.0900 e. The second-order valence-electron chi connectivity index (χ2n) is 3.78. The van der Waals surface area contributed by atoms with Gasteiger partial charge in [0.05, 0.1) is 29.5 Å². The molecular weight excluding hydrogens is 210 g/mol. The molecule has 0 fully saturated rings. The van der Waals surface area contributed by atoms with Gasteiger partial charge < -0.3 is 4.74 Å². The van der Waals surface area contributed by atoms with E-state index >= 15 is 0 Å². The van der Waals surface area contributed by atoms with Crippen LogP contribution in [0.3, 0.4) is 0 Å². The Balaban J connectivity index is 2.69. The van der Waals surface area contributed by atoms with Gasteiger partial charge in [0.1, 0.15) is 0 Å². The number of aryl methyl sites for hydroxylation is 2. The number of hydrazine groups is 1. The van der Waals surface area contributed by atoms with Gasteiger partial charge in [-0.15, -0.1) is 11.3 Å². The lowest BCUT2D eigenvalue weighted by atomic mass is 10.2. The van der Waals surface area contributed by atoms with Crippen molar-refractivity contribution in [2.75, 3.05) is 6.61 Å². The Morgan fingerprint density at radius 2 is 2.13 bits per heavy atom. The van der Waals surface area contributed by atoms with Gasteiger partial charge in [-0.3, -0.25) is 5.84 Å². The molecule has 0 aliphatic rings. The smallest absolute Gasteiger partial charge is 0.0900 e. The summed E-state index contributed by atoms with van der Waals surface area (Å²) in [4.78, 5) is 5.54. The van der Waals surface area contributed by atoms with E-state index in [1.165, 1.54) is 0 Å². The van der Waals surface area contributed by atoms with E-state index in [0.29, 0.717) is 6.61 Å². The molecule has 1 rings (SSSR count). The van der Waals surface area contributed by atoms with Crippen molar-refractivity contribution in [3.63, 3.8) is 0 Å². The van der Waals surface area contributed by atoms with Crippen molar-refractivity contribution >= 4 is 11.3 Å². The molecule has 3 N–H and O–H groups in total. The highest BCUT2D eigenvalue weighted by Gasteiger charge is 2.16. The summed E-state index contributed by atoms with van der Waals surface area (Å²) in [6.45, 7) is 8.60. The third-order valence-electron chi connectivity index (χ3n) is 2.05. The molecule has 1 heterocycles. The summed E-state index contributed by atoms with van der Waals surface area (Å²) in [6, 6.07) is 0.0404. The van der Waals surface area contributed by atoms with Crippen LogP contribution in [0.1, 0.15) is 35.5 Å². The Labute approximate surface area is 94.8 Å². The minimum Gasteiger partial charge on any atom is -0.377 e. The zero-order valence-corrected chi connectivity index (χ0v) is 10.5. The molecule has 0 aliphatic carbocycles. The van der Waals surface area contributed by atoms with Crippen LogP contribution in [0.15, 0.2) is 0 Å². The molecule has 0 amide bonds. The normalized spacial score (nSPS) is 13.5. The van der Waals surface area contributed by atoms with Crippen LogP contribution in [-0.4, -0.2) is 17.7 Å². The number of nitrogens with zero attached hydrogens (tertiary/aromatic N) is 1. The summed E-state index contributed by atoms with van der Waals surface area (Å²) in [6.07, 6.45) is 0.218. The monoisotopic (exact) mass is 229 g/mol. The quantitative estimate of drug-likeness (QED) is 0.596. The van der Waals surface area contributed by atoms with Gasteiger partial charge in [-0.2, -0.15) is 0 Å². The zero-order chi connectivity index (χ0) is 11.4. The molecule has 1 atom stereocenters. The maximum atomic E-state index is 5.55. The SMILES string of the molecule is Cc1nc(C)c(C(COC(C)C)NN)s1. The van der Waals surface area contributed by atoms with Crippen LogP contribution >= 0.6 is 11.3 Å². The van der Waals surface area contributed by atoms with Crippen LogP contribution in [0.5, 0.6) is 0 Å². The highest BCUT2D eigenvalue weighted by molar-refractivity contribution is 7.11. The molecule has 0 bridgehead atoms. The van der Waals surface area contributed by atoms with Gasteiger partial charge in [-0.1, -0.05) is 0 Å². The van der Waals surface area contributed by atoms with Crippen molar-refractivity contribution in [1.29, 1.82) is 0 Å². The summed E-state index contributed by atoms with van der Waals surface area (Å²) in [5.74, 6) is 5.52. The van der Waals surface area contributed by atoms with E-state index in [-0.39, 0.29) is 12.1 Å². The summed E-state index contributed by atoms with van der Waals surface area (Å²) < 4.78 is 5.55. The molecule has 1 aromatic rings. The molecule has 5 heteroatoms. The van der Waals surface area contributed by atoms with E-state index in [1.54, 1.807) is 11.3 Å². The second-order valence-corrected chi connectivity index (χ2v) is 5.02. The van der Waals surface area contributed by atoms with E-state index < -0.39 is 0 Å². The molecule has 4 nitrogen and oxygen atoms in total. The summed E-state index contributed by atoms with van der Waals surface area (Å²) in [5, 5.41) is 1.06. The fourth-order valence-electron chi connectivity index (χ4n) is 1.36. The van der Waals surface area contributed by atoms with Crippen LogP contribution < -0.4 is 11.3 Å². The lowest BCUT2D eigenvalue weighted by Gasteiger charge is -2.16. The van der Waals surface area contributed by atoms with E-state index in [1.807, 2.05) is 27.7 Å². The molecule has 1 unspecified atom stereocenters. The fourth-order valence-corrected chi connectivity index (χ4v) is 2.33. The Hall–Kier alpha value is -0.490. The molecule has 86 valence electrons. The molecule has 0 aliphatic heterocycles. The summed E-state index contributed by atoms with van der Waals surface area (Å²) >= 11 is 1.67. The highest BCUT2D eigenvalue weighted by Crippen LogP contribution is 2.24. The van der Waals surface area contributed by atoms with Crippen molar-refractivity contribution < 1.29 is 4.74 Å². The van der Waals surface area contributed by atoms with E-state index in [4.69, 9.17) is 10.6 Å². The van der Waals surface area contributed by atoms with Crippen LogP contribution in [0, 0.1) is 13.8 Å². The summed E-state index contributed by atoms with van der Waals surface area (Å²) in [5.41, 5.74) is 3.81. The Kier molecular flexibility index (Phi) is 4.66. The zero-order valence-electron chi connectivity index (χ0n) is 9.70. The first kappa shape index (κ1) is 12.6. The predicted octanol–water partition coefficient (Wildman–Crippen LogP) is 1.69. The van der Waals surface area contributed by atoms with Crippen molar-refractivity contribution in [3.05, 3.63) is 15.6 Å². The van der Waals surface area contributed by atoms with E-state index in [0.717, 1.165) is 15.6 Å². The van der Waals surface area contributed by atoms with Gasteiger partial charge in [0.25, 0.3) is 0 Å². The van der Waals surface area contributed by atoms with Gasteiger partial charge in [-0.05, 0) is 27.7 Å². The molecule has 0 spiro atoms. The minimum absolute atomic E-state index is 0.0404. The molecular formula is C10H19N3OS. The maximum absolute atomic E-state index is 5.55. The van der Waals surface area contributed by atoms with Crippen molar-refractivity contribution in [2.45, 2.75) is 39.8 Å². The average molecular weight is 229 g/mol. The number of nitrogens with two attached hydrogens (primary N) is 1. The lowest BCUT2D eigenvalue weighted by Crippen LogP contribution is -2.32. The number of thiazole rings is 1. The molecule has 0 aromatic carbocycles. The van der Waals surface area contributed by atoms with Crippen molar-refractivity contribution in [1.82, 2.24) is 10.4 Å². The first-order valence-electron chi connectivity index (χ1n) is 5.06. The Morgan fingerprint density at radius 1 is 1.47 bits per heavy atom. The predicted molar refractivity (Wildman–Crippen MR) is 62.7 cm³/mol. The third-order valence-corrected chi connectivity index (χ3v) is 3.24. The fraction of sp³-hybridized carbons (Fsp3) is 0.700. The van der Waals surface area contributed by atoms with Gasteiger partial charge in [0, 0.05) is 4.88 Å². The lowest BCUT2D eigenvalue weighted by molar-refractivity contribution is 0.0616. The van der Waals surface area contributed by atoms with Crippen LogP contribution in [0.4, 0.5) is 0 Å².